The molecule has 1 aliphatic carbocycles. The van der Waals surface area contributed by atoms with Crippen molar-refractivity contribution >= 4 is 34.2 Å². The van der Waals surface area contributed by atoms with Gasteiger partial charge in [0, 0.05) is 45.3 Å². The summed E-state index contributed by atoms with van der Waals surface area (Å²) in [5, 5.41) is 17.9. The van der Waals surface area contributed by atoms with Crippen LogP contribution >= 0.6 is 11.6 Å². The highest BCUT2D eigenvalue weighted by Gasteiger charge is 2.41. The number of alkyl halides is 1. The molecule has 2 heterocycles. The summed E-state index contributed by atoms with van der Waals surface area (Å²) in [4.78, 5) is 28.1. The Balaban J connectivity index is 1.66. The van der Waals surface area contributed by atoms with Crippen molar-refractivity contribution in [3.8, 4) is 0 Å². The van der Waals surface area contributed by atoms with E-state index in [0.29, 0.717) is 39.3 Å². The highest BCUT2D eigenvalue weighted by molar-refractivity contribution is 6.38. The molecule has 2 aliphatic rings. The molecule has 0 bridgehead atoms. The van der Waals surface area contributed by atoms with Crippen LogP contribution < -0.4 is 10.3 Å². The molecule has 4 rings (SSSR count). The number of halogens is 3. The SMILES string of the molecule is O=C(O)c1cn([C@@H]2C[C@@H]2F)c2c(Cl)c(N3CCN(CCOCCO)CC3)c(F)cc2c1=O. The smallest absolute Gasteiger partial charge is 0.341 e. The van der Waals surface area contributed by atoms with E-state index < -0.39 is 35.0 Å². The Morgan fingerprint density at radius 3 is 2.53 bits per heavy atom. The summed E-state index contributed by atoms with van der Waals surface area (Å²) < 4.78 is 35.7. The van der Waals surface area contributed by atoms with Crippen molar-refractivity contribution < 1.29 is 28.5 Å². The van der Waals surface area contributed by atoms with E-state index in [1.54, 1.807) is 4.90 Å². The third-order valence-corrected chi connectivity index (χ3v) is 6.29. The second-order valence-corrected chi connectivity index (χ2v) is 8.36. The molecule has 1 aromatic carbocycles. The zero-order valence-corrected chi connectivity index (χ0v) is 18.0. The van der Waals surface area contributed by atoms with Crippen LogP contribution in [0.3, 0.4) is 0 Å². The van der Waals surface area contributed by atoms with Crippen LogP contribution in [0.5, 0.6) is 0 Å². The van der Waals surface area contributed by atoms with Gasteiger partial charge in [-0.3, -0.25) is 9.69 Å². The molecule has 0 spiro atoms. The van der Waals surface area contributed by atoms with Crippen molar-refractivity contribution in [1.29, 1.82) is 0 Å². The number of rotatable bonds is 8. The zero-order valence-electron chi connectivity index (χ0n) is 17.3. The number of aliphatic hydroxyl groups is 1. The molecule has 11 heteroatoms. The van der Waals surface area contributed by atoms with Crippen molar-refractivity contribution in [3.05, 3.63) is 38.9 Å². The van der Waals surface area contributed by atoms with Gasteiger partial charge in [0.2, 0.25) is 5.43 Å². The number of hydrogen-bond acceptors (Lipinski definition) is 6. The molecule has 1 saturated heterocycles. The van der Waals surface area contributed by atoms with Gasteiger partial charge in [-0.15, -0.1) is 0 Å². The Bertz CT molecular complexity index is 1090. The van der Waals surface area contributed by atoms with E-state index in [4.69, 9.17) is 21.4 Å². The number of anilines is 1. The Morgan fingerprint density at radius 1 is 1.25 bits per heavy atom. The standard InChI is InChI=1S/C21H24ClF2N3O5/c22-17-18-12(20(29)13(21(30)31)11-27(18)16-10-14(16)23)9-15(24)19(17)26-3-1-25(2-4-26)5-7-32-8-6-28/h9,11,14,16,28H,1-8,10H2,(H,30,31)/t14-,16+/m0/s1. The number of hydrogen-bond donors (Lipinski definition) is 2. The zero-order chi connectivity index (χ0) is 23.0. The highest BCUT2D eigenvalue weighted by Crippen LogP contribution is 2.44. The summed E-state index contributed by atoms with van der Waals surface area (Å²) in [5.41, 5.74) is -1.11. The lowest BCUT2D eigenvalue weighted by Crippen LogP contribution is -2.47. The van der Waals surface area contributed by atoms with Gasteiger partial charge in [0.05, 0.1) is 47.5 Å². The van der Waals surface area contributed by atoms with Gasteiger partial charge in [-0.2, -0.15) is 0 Å². The number of carbonyl (C=O) groups is 1. The van der Waals surface area contributed by atoms with Crippen molar-refractivity contribution in [2.75, 3.05) is 57.4 Å². The molecule has 174 valence electrons. The Kier molecular flexibility index (Phi) is 6.66. The lowest BCUT2D eigenvalue weighted by Gasteiger charge is -2.36. The van der Waals surface area contributed by atoms with E-state index in [-0.39, 0.29) is 41.2 Å². The minimum Gasteiger partial charge on any atom is -0.477 e. The summed E-state index contributed by atoms with van der Waals surface area (Å²) in [6.45, 7) is 3.64. The lowest BCUT2D eigenvalue weighted by atomic mass is 10.1. The van der Waals surface area contributed by atoms with E-state index in [1.807, 2.05) is 0 Å². The van der Waals surface area contributed by atoms with Crippen molar-refractivity contribution in [1.82, 2.24) is 9.47 Å². The number of benzene rings is 1. The fraction of sp³-hybridized carbons (Fsp3) is 0.524. The number of nitrogens with zero attached hydrogens (tertiary/aromatic N) is 3. The molecule has 0 amide bonds. The molecule has 0 radical (unpaired) electrons. The van der Waals surface area contributed by atoms with Crippen molar-refractivity contribution in [3.63, 3.8) is 0 Å². The highest BCUT2D eigenvalue weighted by atomic mass is 35.5. The van der Waals surface area contributed by atoms with Crippen LogP contribution in [0.15, 0.2) is 17.1 Å². The maximum Gasteiger partial charge on any atom is 0.341 e. The lowest BCUT2D eigenvalue weighted by molar-refractivity contribution is 0.0694. The summed E-state index contributed by atoms with van der Waals surface area (Å²) in [6, 6.07) is 0.370. The predicted octanol–water partition coefficient (Wildman–Crippen LogP) is 1.91. The second-order valence-electron chi connectivity index (χ2n) is 7.99. The van der Waals surface area contributed by atoms with Crippen LogP contribution in [-0.2, 0) is 4.74 Å². The fourth-order valence-corrected chi connectivity index (χ4v) is 4.54. The molecular weight excluding hydrogens is 448 g/mol. The van der Waals surface area contributed by atoms with Gasteiger partial charge in [-0.1, -0.05) is 11.6 Å². The van der Waals surface area contributed by atoms with Gasteiger partial charge in [0.25, 0.3) is 0 Å². The molecule has 2 fully saturated rings. The molecular formula is C21H24ClF2N3O5. The Morgan fingerprint density at radius 2 is 1.94 bits per heavy atom. The normalized spacial score (nSPS) is 21.3. The summed E-state index contributed by atoms with van der Waals surface area (Å²) >= 11 is 6.60. The first-order valence-electron chi connectivity index (χ1n) is 10.4. The number of aliphatic hydroxyl groups excluding tert-OH is 1. The maximum absolute atomic E-state index is 15.1. The number of aromatic carboxylic acids is 1. The average Bonchev–Trinajstić information content (AvgIpc) is 3.49. The van der Waals surface area contributed by atoms with Crippen LogP contribution in [0.2, 0.25) is 5.02 Å². The molecule has 1 saturated carbocycles. The minimum absolute atomic E-state index is 0.0205. The molecule has 2 aromatic rings. The van der Waals surface area contributed by atoms with Crippen LogP contribution in [0.4, 0.5) is 14.5 Å². The number of ether oxygens (including phenoxy) is 1. The van der Waals surface area contributed by atoms with E-state index in [1.165, 1.54) is 4.57 Å². The first-order chi connectivity index (χ1) is 15.3. The second kappa shape index (κ2) is 9.30. The summed E-state index contributed by atoms with van der Waals surface area (Å²) in [6.07, 6.45) is 0.107. The predicted molar refractivity (Wildman–Crippen MR) is 115 cm³/mol. The largest absolute Gasteiger partial charge is 0.477 e. The maximum atomic E-state index is 15.1. The van der Waals surface area contributed by atoms with Crippen molar-refractivity contribution in [2.45, 2.75) is 18.6 Å². The third kappa shape index (κ3) is 4.32. The molecule has 1 aliphatic heterocycles. The van der Waals surface area contributed by atoms with Crippen LogP contribution in [-0.4, -0.2) is 84.4 Å². The Hall–Kier alpha value is -2.27. The van der Waals surface area contributed by atoms with E-state index in [9.17, 15) is 19.1 Å². The van der Waals surface area contributed by atoms with Crippen LogP contribution in [0.1, 0.15) is 22.8 Å². The quantitative estimate of drug-likeness (QED) is 0.568. The molecule has 2 N–H and O–H groups in total. The molecule has 1 aromatic heterocycles. The van der Waals surface area contributed by atoms with E-state index >= 15 is 4.39 Å². The molecule has 32 heavy (non-hydrogen) atoms. The third-order valence-electron chi connectivity index (χ3n) is 5.93. The number of piperazine rings is 1. The van der Waals surface area contributed by atoms with Gasteiger partial charge in [0.1, 0.15) is 17.6 Å². The van der Waals surface area contributed by atoms with Crippen LogP contribution in [0.25, 0.3) is 10.9 Å². The average molecular weight is 472 g/mol. The summed E-state index contributed by atoms with van der Waals surface area (Å²) in [5.74, 6) is -2.18. The van der Waals surface area contributed by atoms with Gasteiger partial charge >= 0.3 is 5.97 Å². The first kappa shape index (κ1) is 22.9. The Labute approximate surface area is 187 Å². The number of carboxylic acids is 1. The summed E-state index contributed by atoms with van der Waals surface area (Å²) in [7, 11) is 0. The van der Waals surface area contributed by atoms with Gasteiger partial charge < -0.3 is 24.4 Å². The van der Waals surface area contributed by atoms with Crippen molar-refractivity contribution in [2.24, 2.45) is 0 Å². The fourth-order valence-electron chi connectivity index (χ4n) is 4.13. The first-order valence-corrected chi connectivity index (χ1v) is 10.8. The van der Waals surface area contributed by atoms with Gasteiger partial charge in [0.15, 0.2) is 0 Å². The molecule has 2 atom stereocenters. The van der Waals surface area contributed by atoms with Crippen LogP contribution in [0, 0.1) is 5.82 Å². The molecule has 8 nitrogen and oxygen atoms in total. The minimum atomic E-state index is -1.46. The number of carboxylic acid groups (broad SMARTS) is 1. The number of aromatic nitrogens is 1. The van der Waals surface area contributed by atoms with E-state index in [0.717, 1.165) is 12.3 Å². The topological polar surface area (TPSA) is 95.2 Å². The number of fused-ring (bicyclic) bond motifs is 1. The van der Waals surface area contributed by atoms with Gasteiger partial charge in [-0.25, -0.2) is 13.6 Å². The van der Waals surface area contributed by atoms with Gasteiger partial charge in [-0.05, 0) is 6.07 Å². The van der Waals surface area contributed by atoms with E-state index in [2.05, 4.69) is 4.90 Å². The molecule has 0 unspecified atom stereocenters. The monoisotopic (exact) mass is 471 g/mol. The number of pyridine rings is 1.